The van der Waals surface area contributed by atoms with Gasteiger partial charge in [0.05, 0.1) is 28.7 Å². The van der Waals surface area contributed by atoms with E-state index in [2.05, 4.69) is 4.99 Å². The number of hydrogen-bond donors (Lipinski definition) is 2. The lowest BCUT2D eigenvalue weighted by atomic mass is 10.1. The van der Waals surface area contributed by atoms with Crippen molar-refractivity contribution in [2.75, 3.05) is 13.2 Å². The van der Waals surface area contributed by atoms with Gasteiger partial charge in [-0.05, 0) is 43.7 Å². The van der Waals surface area contributed by atoms with Crippen LogP contribution in [-0.2, 0) is 9.53 Å². The van der Waals surface area contributed by atoms with Crippen molar-refractivity contribution < 1.29 is 29.4 Å². The second-order valence-electron chi connectivity index (χ2n) is 6.41. The fourth-order valence-corrected chi connectivity index (χ4v) is 3.86. The molecule has 0 spiro atoms. The second-order valence-corrected chi connectivity index (χ2v) is 7.44. The Morgan fingerprint density at radius 1 is 1.19 bits per heavy atom. The monoisotopic (exact) mass is 456 g/mol. The van der Waals surface area contributed by atoms with E-state index < -0.39 is 10.9 Å². The van der Waals surface area contributed by atoms with Gasteiger partial charge in [0.15, 0.2) is 11.5 Å². The Balaban J connectivity index is 2.05. The fourth-order valence-electron chi connectivity index (χ4n) is 2.83. The first kappa shape index (κ1) is 22.9. The topological polar surface area (TPSA) is 131 Å². The first-order valence-corrected chi connectivity index (χ1v) is 10.4. The third kappa shape index (κ3) is 5.09. The lowest BCUT2D eigenvalue weighted by Crippen LogP contribution is -2.12. The summed E-state index contributed by atoms with van der Waals surface area (Å²) in [5.41, 5.74) is 0.586. The number of nitro groups is 1. The van der Waals surface area contributed by atoms with Crippen molar-refractivity contribution in [2.24, 2.45) is 4.99 Å². The summed E-state index contributed by atoms with van der Waals surface area (Å²) in [6.07, 6.45) is 1.61. The van der Waals surface area contributed by atoms with Crippen LogP contribution in [0.5, 0.6) is 11.5 Å². The number of nitrogens with zero attached hydrogens (tertiary/aromatic N) is 2. The number of rotatable bonds is 7. The number of carbonyl (C=O) groups is 1. The predicted octanol–water partition coefficient (Wildman–Crippen LogP) is 4.89. The molecule has 1 aliphatic heterocycles. The van der Waals surface area contributed by atoms with Crippen LogP contribution in [0.2, 0.25) is 0 Å². The number of aromatic hydroxyl groups is 1. The zero-order valence-electron chi connectivity index (χ0n) is 17.3. The van der Waals surface area contributed by atoms with Gasteiger partial charge in [-0.15, -0.1) is 0 Å². The van der Waals surface area contributed by atoms with Crippen LogP contribution in [0, 0.1) is 10.1 Å². The van der Waals surface area contributed by atoms with E-state index in [1.807, 2.05) is 0 Å². The van der Waals surface area contributed by atoms with Crippen LogP contribution in [0.1, 0.15) is 19.4 Å². The lowest BCUT2D eigenvalue weighted by Gasteiger charge is -2.07. The number of non-ortho nitro benzene ring substituents is 1. The summed E-state index contributed by atoms with van der Waals surface area (Å²) in [7, 11) is 0. The Morgan fingerprint density at radius 3 is 2.66 bits per heavy atom. The Kier molecular flexibility index (Phi) is 7.16. The second kappa shape index (κ2) is 10.0. The van der Waals surface area contributed by atoms with Crippen LogP contribution in [-0.4, -0.2) is 39.4 Å². The number of aliphatic hydroxyl groups is 1. The molecular formula is C22H20N2O7S. The molecule has 0 saturated heterocycles. The van der Waals surface area contributed by atoms with Crippen molar-refractivity contribution >= 4 is 40.2 Å². The van der Waals surface area contributed by atoms with Crippen LogP contribution in [0.25, 0.3) is 6.08 Å². The predicted molar refractivity (Wildman–Crippen MR) is 121 cm³/mol. The van der Waals surface area contributed by atoms with Crippen LogP contribution < -0.4 is 4.74 Å². The molecule has 9 nitrogen and oxygen atoms in total. The molecule has 2 N–H and O–H groups in total. The first-order valence-electron chi connectivity index (χ1n) is 9.63. The largest absolute Gasteiger partial charge is 0.506 e. The normalized spacial score (nSPS) is 15.9. The summed E-state index contributed by atoms with van der Waals surface area (Å²) in [6, 6.07) is 10.3. The summed E-state index contributed by atoms with van der Waals surface area (Å²) in [4.78, 5) is 27.7. The van der Waals surface area contributed by atoms with Crippen molar-refractivity contribution in [3.05, 3.63) is 74.4 Å². The molecule has 0 radical (unpaired) electrons. The molecule has 1 heterocycles. The molecule has 0 bridgehead atoms. The van der Waals surface area contributed by atoms with Crippen molar-refractivity contribution in [3.63, 3.8) is 0 Å². The maximum Gasteiger partial charge on any atom is 0.344 e. The number of aliphatic imine (C=N–C) groups is 1. The number of aliphatic hydroxyl groups excluding tert-OH is 1. The molecule has 10 heteroatoms. The van der Waals surface area contributed by atoms with Crippen LogP contribution in [0.3, 0.4) is 0 Å². The number of ether oxygens (including phenoxy) is 2. The molecule has 0 fully saturated rings. The average Bonchev–Trinajstić information content (AvgIpc) is 3.05. The van der Waals surface area contributed by atoms with Gasteiger partial charge >= 0.3 is 5.97 Å². The van der Waals surface area contributed by atoms with Gasteiger partial charge < -0.3 is 19.7 Å². The minimum absolute atomic E-state index is 0.0204. The van der Waals surface area contributed by atoms with Gasteiger partial charge in [-0.3, -0.25) is 10.1 Å². The molecule has 0 atom stereocenters. The van der Waals surface area contributed by atoms with E-state index >= 15 is 0 Å². The van der Waals surface area contributed by atoms with Crippen molar-refractivity contribution in [3.8, 4) is 11.5 Å². The maximum absolute atomic E-state index is 12.5. The SMILES string of the molecule is CCOC(=O)C1=C(O)/C(=C\c2ccc(O)c(OCC)c2)SC1=Nc1cccc([N+](=O)[O-])c1. The summed E-state index contributed by atoms with van der Waals surface area (Å²) >= 11 is 1.02. The van der Waals surface area contributed by atoms with E-state index in [4.69, 9.17) is 9.47 Å². The smallest absolute Gasteiger partial charge is 0.344 e. The molecule has 32 heavy (non-hydrogen) atoms. The zero-order valence-corrected chi connectivity index (χ0v) is 18.1. The molecule has 166 valence electrons. The van der Waals surface area contributed by atoms with E-state index in [1.165, 1.54) is 24.3 Å². The average molecular weight is 456 g/mol. The summed E-state index contributed by atoms with van der Waals surface area (Å²) in [5.74, 6) is -0.813. The molecule has 0 saturated carbocycles. The Bertz CT molecular complexity index is 1150. The van der Waals surface area contributed by atoms with E-state index in [-0.39, 0.29) is 45.9 Å². The highest BCUT2D eigenvalue weighted by Crippen LogP contribution is 2.41. The van der Waals surface area contributed by atoms with E-state index in [9.17, 15) is 25.1 Å². The van der Waals surface area contributed by atoms with Gasteiger partial charge in [0, 0.05) is 12.1 Å². The van der Waals surface area contributed by atoms with Crippen LogP contribution in [0.4, 0.5) is 11.4 Å². The molecule has 0 aliphatic carbocycles. The number of phenolic OH excluding ortho intramolecular Hbond substituents is 1. The van der Waals surface area contributed by atoms with Gasteiger partial charge in [0.1, 0.15) is 16.4 Å². The molecule has 0 amide bonds. The molecule has 2 aromatic carbocycles. The Hall–Kier alpha value is -3.79. The van der Waals surface area contributed by atoms with Crippen molar-refractivity contribution in [1.29, 1.82) is 0 Å². The number of hydrogen-bond acceptors (Lipinski definition) is 9. The number of esters is 1. The zero-order chi connectivity index (χ0) is 23.3. The fraction of sp³-hybridized carbons (Fsp3) is 0.182. The van der Waals surface area contributed by atoms with Gasteiger partial charge in [-0.2, -0.15) is 0 Å². The Labute approximate surface area is 187 Å². The lowest BCUT2D eigenvalue weighted by molar-refractivity contribution is -0.384. The Morgan fingerprint density at radius 2 is 1.97 bits per heavy atom. The highest BCUT2D eigenvalue weighted by Gasteiger charge is 2.33. The molecular weight excluding hydrogens is 436 g/mol. The number of thioether (sulfide) groups is 1. The molecule has 0 aromatic heterocycles. The quantitative estimate of drug-likeness (QED) is 0.342. The molecule has 2 aromatic rings. The third-order valence-corrected chi connectivity index (χ3v) is 5.24. The van der Waals surface area contributed by atoms with Crippen LogP contribution in [0.15, 0.2) is 63.7 Å². The van der Waals surface area contributed by atoms with E-state index in [0.717, 1.165) is 11.8 Å². The van der Waals surface area contributed by atoms with Crippen molar-refractivity contribution in [1.82, 2.24) is 0 Å². The highest BCUT2D eigenvalue weighted by molar-refractivity contribution is 8.18. The summed E-state index contributed by atoms with van der Waals surface area (Å²) in [6.45, 7) is 3.88. The third-order valence-electron chi connectivity index (χ3n) is 4.22. The van der Waals surface area contributed by atoms with Gasteiger partial charge in [-0.25, -0.2) is 9.79 Å². The molecule has 0 unspecified atom stereocenters. The molecule has 3 rings (SSSR count). The minimum Gasteiger partial charge on any atom is -0.506 e. The standard InChI is InChI=1S/C22H20N2O7S/c1-3-30-17-10-13(8-9-16(17)25)11-18-20(26)19(22(27)31-4-2)21(32-18)23-14-6-5-7-15(12-14)24(28)29/h5-12,25-26H,3-4H2,1-2H3/b18-11+,23-21?. The van der Waals surface area contributed by atoms with E-state index in [0.29, 0.717) is 17.1 Å². The minimum atomic E-state index is -0.759. The number of benzene rings is 2. The van der Waals surface area contributed by atoms with Crippen molar-refractivity contribution in [2.45, 2.75) is 13.8 Å². The summed E-state index contributed by atoms with van der Waals surface area (Å²) < 4.78 is 10.4. The number of phenols is 1. The molecule has 1 aliphatic rings. The van der Waals surface area contributed by atoms with Gasteiger partial charge in [0.25, 0.3) is 5.69 Å². The highest BCUT2D eigenvalue weighted by atomic mass is 32.2. The summed E-state index contributed by atoms with van der Waals surface area (Å²) in [5, 5.41) is 31.8. The van der Waals surface area contributed by atoms with E-state index in [1.54, 1.807) is 38.1 Å². The number of nitro benzene ring substituents is 1. The van der Waals surface area contributed by atoms with Crippen LogP contribution >= 0.6 is 11.8 Å². The van der Waals surface area contributed by atoms with Gasteiger partial charge in [0.2, 0.25) is 0 Å². The number of carbonyl (C=O) groups excluding carboxylic acids is 1. The first-order chi connectivity index (χ1) is 15.3. The van der Waals surface area contributed by atoms with Gasteiger partial charge in [-0.1, -0.05) is 23.9 Å². The maximum atomic E-state index is 12.5.